The van der Waals surface area contributed by atoms with Crippen LogP contribution in [0.5, 0.6) is 0 Å². The highest BCUT2D eigenvalue weighted by molar-refractivity contribution is 5.94. The summed E-state index contributed by atoms with van der Waals surface area (Å²) in [5.41, 5.74) is 1.49. The summed E-state index contributed by atoms with van der Waals surface area (Å²) < 4.78 is 0. The van der Waals surface area contributed by atoms with Crippen molar-refractivity contribution >= 4 is 11.8 Å². The van der Waals surface area contributed by atoms with Crippen molar-refractivity contribution in [3.8, 4) is 0 Å². The van der Waals surface area contributed by atoms with Crippen LogP contribution in [0.1, 0.15) is 62.4 Å². The Morgan fingerprint density at radius 1 is 0.939 bits per heavy atom. The lowest BCUT2D eigenvalue weighted by atomic mass is 9.94. The van der Waals surface area contributed by atoms with E-state index in [4.69, 9.17) is 0 Å². The first kappa shape index (κ1) is 23.5. The molecule has 2 amide bonds. The summed E-state index contributed by atoms with van der Waals surface area (Å²) in [5.74, 6) is 0.224. The van der Waals surface area contributed by atoms with Crippen LogP contribution in [0.15, 0.2) is 60.7 Å². The van der Waals surface area contributed by atoms with Crippen LogP contribution in [-0.4, -0.2) is 52.8 Å². The molecule has 2 bridgehead atoms. The molecule has 2 aromatic carbocycles. The third-order valence-corrected chi connectivity index (χ3v) is 7.03. The lowest BCUT2D eigenvalue weighted by molar-refractivity contribution is -0.140. The van der Waals surface area contributed by atoms with E-state index in [-0.39, 0.29) is 17.9 Å². The molecular formula is C28H37N3O2. The molecule has 1 N–H and O–H groups in total. The highest BCUT2D eigenvalue weighted by Gasteiger charge is 2.41. The lowest BCUT2D eigenvalue weighted by Crippen LogP contribution is -2.52. The van der Waals surface area contributed by atoms with Crippen molar-refractivity contribution in [3.05, 3.63) is 71.8 Å². The molecule has 2 saturated heterocycles. The molecule has 5 nitrogen and oxygen atoms in total. The molecule has 4 rings (SSSR count). The van der Waals surface area contributed by atoms with Gasteiger partial charge in [0.05, 0.1) is 0 Å². The molecule has 176 valence electrons. The van der Waals surface area contributed by atoms with E-state index in [0.717, 1.165) is 31.5 Å². The molecule has 33 heavy (non-hydrogen) atoms. The zero-order valence-electron chi connectivity index (χ0n) is 20.2. The minimum Gasteiger partial charge on any atom is -0.349 e. The van der Waals surface area contributed by atoms with Gasteiger partial charge in [-0.05, 0) is 43.4 Å². The van der Waals surface area contributed by atoms with Gasteiger partial charge in [0.1, 0.15) is 0 Å². The highest BCUT2D eigenvalue weighted by atomic mass is 16.2. The Bertz CT molecular complexity index is 925. The van der Waals surface area contributed by atoms with Crippen LogP contribution < -0.4 is 5.32 Å². The van der Waals surface area contributed by atoms with Crippen LogP contribution in [0, 0.1) is 5.41 Å². The molecule has 2 aliphatic heterocycles. The molecule has 0 radical (unpaired) electrons. The van der Waals surface area contributed by atoms with Crippen LogP contribution in [0.4, 0.5) is 0 Å². The van der Waals surface area contributed by atoms with E-state index < -0.39 is 5.41 Å². The van der Waals surface area contributed by atoms with Gasteiger partial charge in [0.15, 0.2) is 0 Å². The van der Waals surface area contributed by atoms with Gasteiger partial charge in [0, 0.05) is 48.7 Å². The first-order valence-corrected chi connectivity index (χ1v) is 12.3. The van der Waals surface area contributed by atoms with E-state index in [9.17, 15) is 9.59 Å². The molecule has 2 aromatic rings. The normalized spacial score (nSPS) is 22.7. The topological polar surface area (TPSA) is 52.7 Å². The van der Waals surface area contributed by atoms with Crippen molar-refractivity contribution in [2.45, 2.75) is 71.1 Å². The van der Waals surface area contributed by atoms with Crippen LogP contribution in [0.3, 0.4) is 0 Å². The number of rotatable bonds is 7. The molecule has 2 unspecified atom stereocenters. The highest BCUT2D eigenvalue weighted by Crippen LogP contribution is 2.35. The van der Waals surface area contributed by atoms with Crippen LogP contribution in [0.2, 0.25) is 0 Å². The van der Waals surface area contributed by atoms with Gasteiger partial charge >= 0.3 is 0 Å². The van der Waals surface area contributed by atoms with Crippen molar-refractivity contribution in [3.63, 3.8) is 0 Å². The molecule has 5 heteroatoms. The van der Waals surface area contributed by atoms with Crippen molar-refractivity contribution in [2.75, 3.05) is 13.1 Å². The van der Waals surface area contributed by atoms with Gasteiger partial charge in [-0.1, -0.05) is 69.3 Å². The molecule has 2 atom stereocenters. The number of carbonyl (C=O) groups excluding carboxylic acids is 2. The van der Waals surface area contributed by atoms with E-state index in [2.05, 4.69) is 22.3 Å². The van der Waals surface area contributed by atoms with Crippen LogP contribution >= 0.6 is 0 Å². The number of amides is 2. The van der Waals surface area contributed by atoms with Crippen molar-refractivity contribution in [2.24, 2.45) is 5.41 Å². The molecule has 0 saturated carbocycles. The smallest absolute Gasteiger partial charge is 0.251 e. The fourth-order valence-electron chi connectivity index (χ4n) is 5.38. The second-order valence-electron chi connectivity index (χ2n) is 10.6. The Morgan fingerprint density at radius 2 is 1.52 bits per heavy atom. The van der Waals surface area contributed by atoms with E-state index in [0.29, 0.717) is 18.6 Å². The SMILES string of the molecule is CC(C)(C)C(=O)N(CCN1C2CCC1CC(NC(=O)c1ccccc1)C2)Cc1ccccc1. The minimum absolute atomic E-state index is 0.0262. The summed E-state index contributed by atoms with van der Waals surface area (Å²) in [7, 11) is 0. The molecule has 2 heterocycles. The van der Waals surface area contributed by atoms with Gasteiger partial charge in [-0.25, -0.2) is 0 Å². The summed E-state index contributed by atoms with van der Waals surface area (Å²) >= 11 is 0. The van der Waals surface area contributed by atoms with Gasteiger partial charge in [0.25, 0.3) is 5.91 Å². The number of hydrogen-bond donors (Lipinski definition) is 1. The standard InChI is InChI=1S/C28H37N3O2/c1-28(2,3)27(33)30(20-21-10-6-4-7-11-21)16-17-31-24-14-15-25(31)19-23(18-24)29-26(32)22-12-8-5-9-13-22/h4-13,23-25H,14-20H2,1-3H3,(H,29,32). The Hall–Kier alpha value is -2.66. The molecule has 2 aliphatic rings. The Kier molecular flexibility index (Phi) is 7.18. The van der Waals surface area contributed by atoms with Crippen molar-refractivity contribution < 1.29 is 9.59 Å². The number of piperidine rings is 1. The zero-order chi connectivity index (χ0) is 23.4. The largest absolute Gasteiger partial charge is 0.349 e. The Morgan fingerprint density at radius 3 is 2.09 bits per heavy atom. The summed E-state index contributed by atoms with van der Waals surface area (Å²) in [5, 5.41) is 3.26. The average molecular weight is 448 g/mol. The fraction of sp³-hybridized carbons (Fsp3) is 0.500. The minimum atomic E-state index is -0.400. The molecule has 0 aromatic heterocycles. The molecule has 0 spiro atoms. The van der Waals surface area contributed by atoms with Crippen LogP contribution in [0.25, 0.3) is 0 Å². The van der Waals surface area contributed by atoms with Gasteiger partial charge in [-0.3, -0.25) is 14.5 Å². The maximum Gasteiger partial charge on any atom is 0.251 e. The number of fused-ring (bicyclic) bond motifs is 2. The van der Waals surface area contributed by atoms with Crippen molar-refractivity contribution in [1.82, 2.24) is 15.1 Å². The monoisotopic (exact) mass is 447 g/mol. The summed E-state index contributed by atoms with van der Waals surface area (Å²) in [4.78, 5) is 30.4. The summed E-state index contributed by atoms with van der Waals surface area (Å²) in [6.45, 7) is 8.27. The second-order valence-corrected chi connectivity index (χ2v) is 10.6. The molecular weight excluding hydrogens is 410 g/mol. The number of nitrogens with one attached hydrogen (secondary N) is 1. The maximum absolute atomic E-state index is 13.2. The number of nitrogens with zero attached hydrogens (tertiary/aromatic N) is 2. The predicted octanol–water partition coefficient (Wildman–Crippen LogP) is 4.49. The van der Waals surface area contributed by atoms with E-state index >= 15 is 0 Å². The van der Waals surface area contributed by atoms with Gasteiger partial charge in [-0.15, -0.1) is 0 Å². The van der Waals surface area contributed by atoms with E-state index in [1.165, 1.54) is 18.4 Å². The first-order valence-electron chi connectivity index (χ1n) is 12.3. The predicted molar refractivity (Wildman–Crippen MR) is 132 cm³/mol. The number of hydrogen-bond acceptors (Lipinski definition) is 3. The molecule has 2 fully saturated rings. The summed E-state index contributed by atoms with van der Waals surface area (Å²) in [6, 6.07) is 20.9. The lowest BCUT2D eigenvalue weighted by Gasteiger charge is -2.40. The number of benzene rings is 2. The average Bonchev–Trinajstić information content (AvgIpc) is 3.04. The maximum atomic E-state index is 13.2. The number of carbonyl (C=O) groups is 2. The Labute approximate surface area is 198 Å². The Balaban J connectivity index is 1.36. The quantitative estimate of drug-likeness (QED) is 0.681. The van der Waals surface area contributed by atoms with Crippen LogP contribution in [-0.2, 0) is 11.3 Å². The van der Waals surface area contributed by atoms with E-state index in [1.807, 2.05) is 74.2 Å². The third-order valence-electron chi connectivity index (χ3n) is 7.03. The fourth-order valence-corrected chi connectivity index (χ4v) is 5.38. The van der Waals surface area contributed by atoms with Crippen molar-refractivity contribution in [1.29, 1.82) is 0 Å². The molecule has 0 aliphatic carbocycles. The second kappa shape index (κ2) is 10.1. The van der Waals surface area contributed by atoms with Gasteiger partial charge < -0.3 is 10.2 Å². The van der Waals surface area contributed by atoms with Gasteiger partial charge in [-0.2, -0.15) is 0 Å². The zero-order valence-corrected chi connectivity index (χ0v) is 20.2. The summed E-state index contributed by atoms with van der Waals surface area (Å²) in [6.07, 6.45) is 4.32. The van der Waals surface area contributed by atoms with E-state index in [1.54, 1.807) is 0 Å². The third kappa shape index (κ3) is 5.83. The first-order chi connectivity index (χ1) is 15.8. The van der Waals surface area contributed by atoms with Gasteiger partial charge in [0.2, 0.25) is 5.91 Å².